The minimum Gasteiger partial charge on any atom is -0.367 e. The van der Waals surface area contributed by atoms with Gasteiger partial charge in [0.05, 0.1) is 12.2 Å². The van der Waals surface area contributed by atoms with Crippen LogP contribution < -0.4 is 0 Å². The molecule has 4 atom stereocenters. The van der Waals surface area contributed by atoms with E-state index in [-0.39, 0.29) is 0 Å². The average molecular weight is 220 g/mol. The third-order valence-electron chi connectivity index (χ3n) is 3.93. The van der Waals surface area contributed by atoms with Crippen LogP contribution in [0, 0.1) is 11.8 Å². The van der Waals surface area contributed by atoms with Crippen molar-refractivity contribution in [1.29, 1.82) is 0 Å². The zero-order chi connectivity index (χ0) is 11.7. The highest BCUT2D eigenvalue weighted by Crippen LogP contribution is 2.38. The molecule has 16 heavy (non-hydrogen) atoms. The van der Waals surface area contributed by atoms with Crippen molar-refractivity contribution >= 4 is 0 Å². The summed E-state index contributed by atoms with van der Waals surface area (Å²) < 4.78 is 6.19. The first-order valence-electron chi connectivity index (χ1n) is 6.54. The van der Waals surface area contributed by atoms with E-state index in [1.54, 1.807) is 0 Å². The lowest BCUT2D eigenvalue weighted by atomic mass is 9.75. The first kappa shape index (κ1) is 11.9. The number of fused-ring (bicyclic) bond motifs is 1. The van der Waals surface area contributed by atoms with Gasteiger partial charge in [0.1, 0.15) is 0 Å². The highest BCUT2D eigenvalue weighted by atomic mass is 16.5. The second-order valence-corrected chi connectivity index (χ2v) is 5.81. The van der Waals surface area contributed by atoms with Crippen molar-refractivity contribution in [3.63, 3.8) is 0 Å². The number of ether oxygens (including phenoxy) is 1. The molecule has 1 aliphatic carbocycles. The zero-order valence-electron chi connectivity index (χ0n) is 11.0. The smallest absolute Gasteiger partial charge is 0.0797 e. The molecular weight excluding hydrogens is 196 g/mol. The summed E-state index contributed by atoms with van der Waals surface area (Å²) in [5.74, 6) is 1.55. The van der Waals surface area contributed by atoms with Crippen molar-refractivity contribution in [2.75, 3.05) is 0 Å². The normalized spacial score (nSPS) is 38.6. The molecule has 1 aliphatic heterocycles. The lowest BCUT2D eigenvalue weighted by Gasteiger charge is -2.41. The van der Waals surface area contributed by atoms with E-state index >= 15 is 0 Å². The molecule has 1 heteroatoms. The van der Waals surface area contributed by atoms with Gasteiger partial charge in [0.25, 0.3) is 0 Å². The van der Waals surface area contributed by atoms with Crippen LogP contribution in [-0.4, -0.2) is 12.2 Å². The Kier molecular flexibility index (Phi) is 3.53. The van der Waals surface area contributed by atoms with Gasteiger partial charge in [-0.15, -0.1) is 0 Å². The summed E-state index contributed by atoms with van der Waals surface area (Å²) in [5, 5.41) is 0. The molecule has 1 fully saturated rings. The number of rotatable bonds is 1. The van der Waals surface area contributed by atoms with Crippen LogP contribution in [-0.2, 0) is 4.74 Å². The Morgan fingerprint density at radius 2 is 2.19 bits per heavy atom. The van der Waals surface area contributed by atoms with Gasteiger partial charge in [-0.05, 0) is 51.9 Å². The van der Waals surface area contributed by atoms with Crippen LogP contribution in [0.2, 0.25) is 0 Å². The highest BCUT2D eigenvalue weighted by Gasteiger charge is 2.35. The van der Waals surface area contributed by atoms with Gasteiger partial charge in [-0.2, -0.15) is 0 Å². The van der Waals surface area contributed by atoms with Crippen molar-refractivity contribution < 1.29 is 4.74 Å². The molecule has 1 saturated heterocycles. The molecule has 0 N–H and O–H groups in total. The molecule has 0 aromatic heterocycles. The molecule has 2 aliphatic rings. The lowest BCUT2D eigenvalue weighted by Crippen LogP contribution is -2.40. The summed E-state index contributed by atoms with van der Waals surface area (Å²) in [6, 6.07) is 0. The van der Waals surface area contributed by atoms with Gasteiger partial charge in [0, 0.05) is 0 Å². The third kappa shape index (κ3) is 2.57. The van der Waals surface area contributed by atoms with Crippen molar-refractivity contribution in [1.82, 2.24) is 0 Å². The van der Waals surface area contributed by atoms with Gasteiger partial charge < -0.3 is 4.74 Å². The predicted octanol–water partition coefficient (Wildman–Crippen LogP) is 4.10. The zero-order valence-corrected chi connectivity index (χ0v) is 11.0. The molecule has 0 saturated carbocycles. The summed E-state index contributed by atoms with van der Waals surface area (Å²) in [5.41, 5.74) is 2.87. The fourth-order valence-corrected chi connectivity index (χ4v) is 3.07. The predicted molar refractivity (Wildman–Crippen MR) is 68.4 cm³/mol. The first-order chi connectivity index (χ1) is 7.56. The molecule has 0 radical (unpaired) electrons. The van der Waals surface area contributed by atoms with Crippen LogP contribution in [0.15, 0.2) is 23.3 Å². The maximum absolute atomic E-state index is 6.19. The molecule has 0 aromatic rings. The van der Waals surface area contributed by atoms with Crippen molar-refractivity contribution in [2.24, 2.45) is 11.8 Å². The fraction of sp³-hybridized carbons (Fsp3) is 0.733. The van der Waals surface area contributed by atoms with E-state index in [1.165, 1.54) is 30.4 Å². The topological polar surface area (TPSA) is 9.23 Å². The van der Waals surface area contributed by atoms with E-state index in [4.69, 9.17) is 4.74 Å². The van der Waals surface area contributed by atoms with Crippen LogP contribution in [0.4, 0.5) is 0 Å². The Morgan fingerprint density at radius 3 is 2.88 bits per heavy atom. The van der Waals surface area contributed by atoms with Gasteiger partial charge >= 0.3 is 0 Å². The van der Waals surface area contributed by atoms with Crippen LogP contribution >= 0.6 is 0 Å². The average Bonchev–Trinajstić information content (AvgIpc) is 2.15. The van der Waals surface area contributed by atoms with Gasteiger partial charge in [0.2, 0.25) is 0 Å². The summed E-state index contributed by atoms with van der Waals surface area (Å²) in [6.45, 7) is 8.93. The van der Waals surface area contributed by atoms with E-state index in [0.29, 0.717) is 12.2 Å². The second-order valence-electron chi connectivity index (χ2n) is 5.81. The molecule has 1 nitrogen and oxygen atoms in total. The summed E-state index contributed by atoms with van der Waals surface area (Å²) in [7, 11) is 0. The van der Waals surface area contributed by atoms with Crippen molar-refractivity contribution in [3.8, 4) is 0 Å². The maximum atomic E-state index is 6.19. The molecule has 90 valence electrons. The van der Waals surface area contributed by atoms with Crippen LogP contribution in [0.25, 0.3) is 0 Å². The quantitative estimate of drug-likeness (QED) is 0.604. The number of hydrogen-bond donors (Lipinski definition) is 0. The molecular formula is C15H24O. The molecule has 0 spiro atoms. The standard InChI is InChI=1S/C15H24O/c1-10(2)7-13-9-12(4)14-6-5-11(3)8-15(14)16-13/h7-8,12-15H,5-6,9H2,1-4H3/t12-,13+,14-,15+/m0/s1. The molecule has 2 rings (SSSR count). The second kappa shape index (κ2) is 4.75. The highest BCUT2D eigenvalue weighted by molar-refractivity contribution is 5.12. The summed E-state index contributed by atoms with van der Waals surface area (Å²) in [4.78, 5) is 0. The maximum Gasteiger partial charge on any atom is 0.0797 e. The number of hydrogen-bond acceptors (Lipinski definition) is 1. The van der Waals surface area contributed by atoms with Gasteiger partial charge in [-0.3, -0.25) is 0 Å². The Balaban J connectivity index is 2.11. The summed E-state index contributed by atoms with van der Waals surface area (Å²) in [6.07, 6.45) is 9.12. The van der Waals surface area contributed by atoms with E-state index in [1.807, 2.05) is 0 Å². The fourth-order valence-electron chi connectivity index (χ4n) is 3.07. The first-order valence-corrected chi connectivity index (χ1v) is 6.54. The Labute approximate surface area is 99.6 Å². The third-order valence-corrected chi connectivity index (χ3v) is 3.93. The Morgan fingerprint density at radius 1 is 1.44 bits per heavy atom. The van der Waals surface area contributed by atoms with Gasteiger partial charge in [-0.25, -0.2) is 0 Å². The largest absolute Gasteiger partial charge is 0.367 e. The molecule has 0 unspecified atom stereocenters. The molecule has 0 bridgehead atoms. The Hall–Kier alpha value is -0.560. The number of allylic oxidation sites excluding steroid dienone is 2. The molecule has 0 amide bonds. The lowest BCUT2D eigenvalue weighted by molar-refractivity contribution is -0.0674. The molecule has 0 aromatic carbocycles. The van der Waals surface area contributed by atoms with E-state index in [9.17, 15) is 0 Å². The van der Waals surface area contributed by atoms with E-state index in [0.717, 1.165) is 11.8 Å². The summed E-state index contributed by atoms with van der Waals surface area (Å²) >= 11 is 0. The minimum atomic E-state index is 0.336. The van der Waals surface area contributed by atoms with Crippen molar-refractivity contribution in [3.05, 3.63) is 23.3 Å². The van der Waals surface area contributed by atoms with E-state index < -0.39 is 0 Å². The molecule has 1 heterocycles. The minimum absolute atomic E-state index is 0.336. The van der Waals surface area contributed by atoms with Crippen LogP contribution in [0.3, 0.4) is 0 Å². The van der Waals surface area contributed by atoms with Crippen LogP contribution in [0.1, 0.15) is 47.0 Å². The van der Waals surface area contributed by atoms with Gasteiger partial charge in [0.15, 0.2) is 0 Å². The van der Waals surface area contributed by atoms with Gasteiger partial charge in [-0.1, -0.05) is 30.2 Å². The monoisotopic (exact) mass is 220 g/mol. The SMILES string of the molecule is CC(C)=C[C@@H]1C[C@H](C)[C@@H]2CCC(C)=C[C@H]2O1. The van der Waals surface area contributed by atoms with Crippen molar-refractivity contribution in [2.45, 2.75) is 59.2 Å². The Bertz CT molecular complexity index is 309. The van der Waals surface area contributed by atoms with E-state index in [2.05, 4.69) is 39.8 Å². The van der Waals surface area contributed by atoms with Crippen LogP contribution in [0.5, 0.6) is 0 Å².